The molecule has 0 N–H and O–H groups in total. The van der Waals surface area contributed by atoms with Crippen LogP contribution >= 0.6 is 0 Å². The van der Waals surface area contributed by atoms with Crippen LogP contribution in [-0.4, -0.2) is 18.0 Å². The van der Waals surface area contributed by atoms with Gasteiger partial charge in [-0.3, -0.25) is 4.90 Å². The summed E-state index contributed by atoms with van der Waals surface area (Å²) in [4.78, 5) is 2.25. The number of furan rings is 1. The highest BCUT2D eigenvalue weighted by Crippen LogP contribution is 2.07. The van der Waals surface area contributed by atoms with E-state index >= 15 is 0 Å². The summed E-state index contributed by atoms with van der Waals surface area (Å²) in [5.74, 6) is 0.852. The van der Waals surface area contributed by atoms with Crippen LogP contribution in [0.25, 0.3) is 6.08 Å². The predicted molar refractivity (Wildman–Crippen MR) is 79.7 cm³/mol. The van der Waals surface area contributed by atoms with Gasteiger partial charge in [0.1, 0.15) is 5.76 Å². The van der Waals surface area contributed by atoms with Crippen molar-refractivity contribution in [1.29, 1.82) is 5.26 Å². The van der Waals surface area contributed by atoms with Crippen LogP contribution in [-0.2, 0) is 6.54 Å². The molecule has 0 bridgehead atoms. The number of nitrogens with zero attached hydrogens (tertiary/aromatic N) is 2. The second-order valence-electron chi connectivity index (χ2n) is 4.55. The van der Waals surface area contributed by atoms with E-state index in [-0.39, 0.29) is 0 Å². The Morgan fingerprint density at radius 1 is 1.15 bits per heavy atom. The molecule has 0 fully saturated rings. The summed E-state index contributed by atoms with van der Waals surface area (Å²) < 4.78 is 5.26. The van der Waals surface area contributed by atoms with Crippen molar-refractivity contribution >= 4 is 6.08 Å². The van der Waals surface area contributed by atoms with Crippen molar-refractivity contribution in [3.63, 3.8) is 0 Å². The Morgan fingerprint density at radius 2 is 2.00 bits per heavy atom. The maximum Gasteiger partial charge on any atom is 0.126 e. The van der Waals surface area contributed by atoms with E-state index in [0.29, 0.717) is 6.42 Å². The van der Waals surface area contributed by atoms with Gasteiger partial charge in [0.15, 0.2) is 0 Å². The van der Waals surface area contributed by atoms with Gasteiger partial charge in [-0.2, -0.15) is 5.26 Å². The van der Waals surface area contributed by atoms with Crippen molar-refractivity contribution in [3.05, 3.63) is 66.1 Å². The molecule has 3 nitrogen and oxygen atoms in total. The minimum absolute atomic E-state index is 0.543. The molecule has 0 spiro atoms. The van der Waals surface area contributed by atoms with Crippen LogP contribution in [0.5, 0.6) is 0 Å². The first-order valence-electron chi connectivity index (χ1n) is 6.72. The second-order valence-corrected chi connectivity index (χ2v) is 4.55. The molecule has 2 rings (SSSR count). The summed E-state index contributed by atoms with van der Waals surface area (Å²) in [7, 11) is 0. The highest BCUT2D eigenvalue weighted by molar-refractivity contribution is 5.42. The van der Waals surface area contributed by atoms with E-state index in [2.05, 4.69) is 29.2 Å². The highest BCUT2D eigenvalue weighted by Gasteiger charge is 2.03. The topological polar surface area (TPSA) is 40.2 Å². The molecule has 0 saturated carbocycles. The zero-order valence-corrected chi connectivity index (χ0v) is 11.4. The Bertz CT molecular complexity index is 552. The summed E-state index contributed by atoms with van der Waals surface area (Å²) >= 11 is 0. The van der Waals surface area contributed by atoms with Gasteiger partial charge in [0.2, 0.25) is 0 Å². The fourth-order valence-electron chi connectivity index (χ4n) is 1.99. The lowest BCUT2D eigenvalue weighted by Crippen LogP contribution is -2.24. The van der Waals surface area contributed by atoms with E-state index in [0.717, 1.165) is 25.4 Å². The van der Waals surface area contributed by atoms with Crippen molar-refractivity contribution in [2.24, 2.45) is 0 Å². The van der Waals surface area contributed by atoms with Gasteiger partial charge in [0.05, 0.1) is 12.3 Å². The Labute approximate surface area is 119 Å². The van der Waals surface area contributed by atoms with Gasteiger partial charge in [-0.1, -0.05) is 36.4 Å². The van der Waals surface area contributed by atoms with E-state index in [1.54, 1.807) is 6.26 Å². The van der Waals surface area contributed by atoms with Crippen LogP contribution in [0.1, 0.15) is 17.7 Å². The van der Waals surface area contributed by atoms with Crippen molar-refractivity contribution in [3.8, 4) is 6.07 Å². The summed E-state index contributed by atoms with van der Waals surface area (Å²) in [5.41, 5.74) is 1.26. The molecule has 1 aromatic heterocycles. The molecule has 0 aliphatic carbocycles. The summed E-state index contributed by atoms with van der Waals surface area (Å²) in [6.45, 7) is 2.43. The Morgan fingerprint density at radius 3 is 2.70 bits per heavy atom. The van der Waals surface area contributed by atoms with E-state index in [9.17, 15) is 0 Å². The van der Waals surface area contributed by atoms with Gasteiger partial charge in [0.25, 0.3) is 0 Å². The zero-order chi connectivity index (χ0) is 14.0. The SMILES string of the molecule is N#CCCN(CC=Cc1ccco1)Cc1ccccc1. The van der Waals surface area contributed by atoms with Crippen molar-refractivity contribution in [1.82, 2.24) is 4.90 Å². The molecule has 3 heteroatoms. The van der Waals surface area contributed by atoms with Gasteiger partial charge in [-0.15, -0.1) is 0 Å². The standard InChI is InChI=1S/C17H18N2O/c18-11-6-13-19(15-16-7-2-1-3-8-16)12-4-9-17-10-5-14-20-17/h1-5,7-10,14H,6,12-13,15H2. The molecule has 0 unspecified atom stereocenters. The lowest BCUT2D eigenvalue weighted by Gasteiger charge is -2.19. The average Bonchev–Trinajstić information content (AvgIpc) is 2.99. The van der Waals surface area contributed by atoms with Gasteiger partial charge in [-0.05, 0) is 23.8 Å². The van der Waals surface area contributed by atoms with Crippen LogP contribution in [0.4, 0.5) is 0 Å². The Balaban J connectivity index is 1.91. The van der Waals surface area contributed by atoms with Crippen LogP contribution in [0, 0.1) is 11.3 Å². The normalized spacial score (nSPS) is 11.0. The molecule has 1 heterocycles. The van der Waals surface area contributed by atoms with Crippen LogP contribution in [0.2, 0.25) is 0 Å². The van der Waals surface area contributed by atoms with Gasteiger partial charge < -0.3 is 4.42 Å². The fraction of sp³-hybridized carbons (Fsp3) is 0.235. The minimum Gasteiger partial charge on any atom is -0.465 e. The number of rotatable bonds is 7. The summed E-state index contributed by atoms with van der Waals surface area (Å²) in [6.07, 6.45) is 6.24. The highest BCUT2D eigenvalue weighted by atomic mass is 16.3. The average molecular weight is 266 g/mol. The molecule has 0 amide bonds. The van der Waals surface area contributed by atoms with Gasteiger partial charge >= 0.3 is 0 Å². The Hall–Kier alpha value is -2.31. The lowest BCUT2D eigenvalue weighted by atomic mass is 10.2. The van der Waals surface area contributed by atoms with E-state index in [1.807, 2.05) is 36.4 Å². The molecule has 20 heavy (non-hydrogen) atoms. The summed E-state index contributed by atoms with van der Waals surface area (Å²) in [6, 6.07) is 16.3. The number of hydrogen-bond acceptors (Lipinski definition) is 3. The zero-order valence-electron chi connectivity index (χ0n) is 11.4. The molecule has 0 radical (unpaired) electrons. The first-order chi connectivity index (χ1) is 9.88. The third-order valence-corrected chi connectivity index (χ3v) is 2.98. The smallest absolute Gasteiger partial charge is 0.126 e. The maximum atomic E-state index is 8.75. The van der Waals surface area contributed by atoms with Gasteiger partial charge in [0, 0.05) is 26.1 Å². The predicted octanol–water partition coefficient (Wildman–Crippen LogP) is 3.71. The fourth-order valence-corrected chi connectivity index (χ4v) is 1.99. The maximum absolute atomic E-state index is 8.75. The third kappa shape index (κ3) is 4.75. The van der Waals surface area contributed by atoms with Crippen LogP contribution < -0.4 is 0 Å². The van der Waals surface area contributed by atoms with Crippen LogP contribution in [0.15, 0.2) is 59.2 Å². The largest absolute Gasteiger partial charge is 0.465 e. The third-order valence-electron chi connectivity index (χ3n) is 2.98. The molecule has 0 atom stereocenters. The quantitative estimate of drug-likeness (QED) is 0.767. The lowest BCUT2D eigenvalue weighted by molar-refractivity contribution is 0.302. The van der Waals surface area contributed by atoms with E-state index in [1.165, 1.54) is 5.56 Å². The molecule has 0 aliphatic rings. The van der Waals surface area contributed by atoms with E-state index < -0.39 is 0 Å². The molecular formula is C17H18N2O. The van der Waals surface area contributed by atoms with E-state index in [4.69, 9.17) is 9.68 Å². The molecule has 0 saturated heterocycles. The van der Waals surface area contributed by atoms with Crippen molar-refractivity contribution in [2.45, 2.75) is 13.0 Å². The molecule has 1 aromatic carbocycles. The molecule has 2 aromatic rings. The monoisotopic (exact) mass is 266 g/mol. The van der Waals surface area contributed by atoms with Gasteiger partial charge in [-0.25, -0.2) is 0 Å². The second kappa shape index (κ2) is 7.98. The van der Waals surface area contributed by atoms with Crippen molar-refractivity contribution in [2.75, 3.05) is 13.1 Å². The number of nitriles is 1. The first kappa shape index (κ1) is 14.1. The number of hydrogen-bond donors (Lipinski definition) is 0. The summed E-state index contributed by atoms with van der Waals surface area (Å²) in [5, 5.41) is 8.75. The molecule has 102 valence electrons. The van der Waals surface area contributed by atoms with Crippen LogP contribution in [0.3, 0.4) is 0 Å². The molecule has 0 aliphatic heterocycles. The number of benzene rings is 1. The Kier molecular flexibility index (Phi) is 5.63. The van der Waals surface area contributed by atoms with Crippen molar-refractivity contribution < 1.29 is 4.42 Å². The first-order valence-corrected chi connectivity index (χ1v) is 6.72. The molecular weight excluding hydrogens is 248 g/mol. The minimum atomic E-state index is 0.543.